The minimum absolute atomic E-state index is 0.0258. The fourth-order valence-corrected chi connectivity index (χ4v) is 2.54. The van der Waals surface area contributed by atoms with Gasteiger partial charge in [0.2, 0.25) is 5.91 Å². The third-order valence-electron chi connectivity index (χ3n) is 2.78. The predicted molar refractivity (Wildman–Crippen MR) is 84.2 cm³/mol. The molecule has 0 fully saturated rings. The van der Waals surface area contributed by atoms with Crippen LogP contribution in [0, 0.1) is 12.3 Å². The van der Waals surface area contributed by atoms with Crippen LogP contribution in [0.1, 0.15) is 39.2 Å². The molecular weight excluding hydrogens is 304 g/mol. The molecule has 0 radical (unpaired) electrons. The van der Waals surface area contributed by atoms with Crippen LogP contribution in [0.5, 0.6) is 0 Å². The number of nitrogens with two attached hydrogens (primary N) is 1. The molecule has 1 amide bonds. The van der Waals surface area contributed by atoms with Gasteiger partial charge in [0.05, 0.1) is 0 Å². The summed E-state index contributed by atoms with van der Waals surface area (Å²) in [6, 6.07) is 5.69. The quantitative estimate of drug-likeness (QED) is 0.882. The van der Waals surface area contributed by atoms with Gasteiger partial charge < -0.3 is 11.1 Å². The van der Waals surface area contributed by atoms with E-state index in [0.717, 1.165) is 22.1 Å². The van der Waals surface area contributed by atoms with Crippen LogP contribution >= 0.6 is 15.9 Å². The van der Waals surface area contributed by atoms with Crippen LogP contribution in [0.2, 0.25) is 0 Å². The van der Waals surface area contributed by atoms with E-state index in [1.807, 2.05) is 25.1 Å². The number of halogens is 1. The highest BCUT2D eigenvalue weighted by molar-refractivity contribution is 9.10. The maximum atomic E-state index is 11.9. The summed E-state index contributed by atoms with van der Waals surface area (Å²) < 4.78 is 1.01. The lowest BCUT2D eigenvalue weighted by Crippen LogP contribution is -2.31. The Kier molecular flexibility index (Phi) is 5.56. The lowest BCUT2D eigenvalue weighted by Gasteiger charge is -2.22. The van der Waals surface area contributed by atoms with Crippen molar-refractivity contribution in [3.63, 3.8) is 0 Å². The van der Waals surface area contributed by atoms with Crippen LogP contribution < -0.4 is 11.1 Å². The van der Waals surface area contributed by atoms with E-state index < -0.39 is 0 Å². The molecule has 19 heavy (non-hydrogen) atoms. The molecule has 4 heteroatoms. The molecule has 3 N–H and O–H groups in total. The number of nitrogens with one attached hydrogen (secondary N) is 1. The summed E-state index contributed by atoms with van der Waals surface area (Å²) in [5.41, 5.74) is 8.03. The first-order chi connectivity index (χ1) is 8.67. The maximum absolute atomic E-state index is 11.9. The highest BCUT2D eigenvalue weighted by Crippen LogP contribution is 2.22. The normalized spacial score (nSPS) is 13.2. The largest absolute Gasteiger partial charge is 0.327 e. The molecular formula is C15H23BrN2O. The molecule has 0 spiro atoms. The summed E-state index contributed by atoms with van der Waals surface area (Å²) in [5.74, 6) is -0.0258. The molecule has 0 saturated heterocycles. The van der Waals surface area contributed by atoms with Crippen LogP contribution in [0.4, 0.5) is 5.69 Å². The molecule has 0 saturated carbocycles. The molecule has 1 atom stereocenters. The minimum Gasteiger partial charge on any atom is -0.327 e. The van der Waals surface area contributed by atoms with Crippen LogP contribution in [-0.4, -0.2) is 11.9 Å². The number of anilines is 1. The van der Waals surface area contributed by atoms with Crippen molar-refractivity contribution in [2.24, 2.45) is 11.1 Å². The smallest absolute Gasteiger partial charge is 0.225 e. The molecule has 1 aromatic rings. The van der Waals surface area contributed by atoms with Gasteiger partial charge in [-0.2, -0.15) is 0 Å². The van der Waals surface area contributed by atoms with Crippen molar-refractivity contribution in [2.75, 3.05) is 5.32 Å². The van der Waals surface area contributed by atoms with Gasteiger partial charge in [0.1, 0.15) is 0 Å². The zero-order chi connectivity index (χ0) is 14.6. The number of aryl methyl sites for hydroxylation is 1. The van der Waals surface area contributed by atoms with E-state index >= 15 is 0 Å². The molecule has 0 aliphatic heterocycles. The summed E-state index contributed by atoms with van der Waals surface area (Å²) in [5, 5.41) is 2.91. The number of carbonyl (C=O) groups excluding carboxylic acids is 1. The summed E-state index contributed by atoms with van der Waals surface area (Å²) in [7, 11) is 0. The molecule has 106 valence electrons. The second-order valence-electron chi connectivity index (χ2n) is 6.24. The van der Waals surface area contributed by atoms with Crippen molar-refractivity contribution < 1.29 is 4.79 Å². The van der Waals surface area contributed by atoms with E-state index in [-0.39, 0.29) is 17.4 Å². The fourth-order valence-electron chi connectivity index (χ4n) is 2.07. The predicted octanol–water partition coefficient (Wildman–Crippen LogP) is 3.85. The maximum Gasteiger partial charge on any atom is 0.225 e. The Morgan fingerprint density at radius 1 is 1.42 bits per heavy atom. The fraction of sp³-hybridized carbons (Fsp3) is 0.533. The molecule has 0 aromatic heterocycles. The number of rotatable bonds is 4. The van der Waals surface area contributed by atoms with Crippen LogP contribution in [0.3, 0.4) is 0 Å². The molecule has 1 unspecified atom stereocenters. The Bertz CT molecular complexity index is 452. The van der Waals surface area contributed by atoms with Crippen molar-refractivity contribution in [1.82, 2.24) is 0 Å². The third-order valence-corrected chi connectivity index (χ3v) is 3.28. The van der Waals surface area contributed by atoms with Crippen molar-refractivity contribution in [2.45, 2.75) is 46.6 Å². The van der Waals surface area contributed by atoms with Gasteiger partial charge in [0, 0.05) is 22.6 Å². The van der Waals surface area contributed by atoms with Gasteiger partial charge >= 0.3 is 0 Å². The van der Waals surface area contributed by atoms with Gasteiger partial charge in [-0.25, -0.2) is 0 Å². The van der Waals surface area contributed by atoms with Gasteiger partial charge in [0.25, 0.3) is 0 Å². The van der Waals surface area contributed by atoms with Crippen molar-refractivity contribution in [3.05, 3.63) is 28.2 Å². The topological polar surface area (TPSA) is 55.1 Å². The second-order valence-corrected chi connectivity index (χ2v) is 7.15. The number of hydrogen-bond acceptors (Lipinski definition) is 2. The van der Waals surface area contributed by atoms with E-state index in [1.54, 1.807) is 0 Å². The van der Waals surface area contributed by atoms with Gasteiger partial charge in [-0.3, -0.25) is 4.79 Å². The lowest BCUT2D eigenvalue weighted by atomic mass is 9.87. The van der Waals surface area contributed by atoms with Gasteiger partial charge in [-0.05, 0) is 42.5 Å². The average Bonchev–Trinajstić information content (AvgIpc) is 2.19. The van der Waals surface area contributed by atoms with Crippen LogP contribution in [0.15, 0.2) is 22.7 Å². The summed E-state index contributed by atoms with van der Waals surface area (Å²) in [6.07, 6.45) is 1.19. The first-order valence-electron chi connectivity index (χ1n) is 6.49. The molecule has 3 nitrogen and oxygen atoms in total. The van der Waals surface area contributed by atoms with Crippen molar-refractivity contribution >= 4 is 27.5 Å². The van der Waals surface area contributed by atoms with Gasteiger partial charge in [-0.15, -0.1) is 0 Å². The Morgan fingerprint density at radius 3 is 2.58 bits per heavy atom. The monoisotopic (exact) mass is 326 g/mol. The highest BCUT2D eigenvalue weighted by atomic mass is 79.9. The standard InChI is InChI=1S/C15H23BrN2O/c1-10-7-11(16)5-6-13(10)18-14(19)8-12(17)9-15(2,3)4/h5-7,12H,8-9,17H2,1-4H3,(H,18,19). The lowest BCUT2D eigenvalue weighted by molar-refractivity contribution is -0.116. The zero-order valence-electron chi connectivity index (χ0n) is 12.1. The summed E-state index contributed by atoms with van der Waals surface area (Å²) >= 11 is 3.40. The Labute approximate surface area is 124 Å². The number of amides is 1. The average molecular weight is 327 g/mol. The SMILES string of the molecule is Cc1cc(Br)ccc1NC(=O)CC(N)CC(C)(C)C. The zero-order valence-corrected chi connectivity index (χ0v) is 13.7. The molecule has 0 aliphatic rings. The minimum atomic E-state index is -0.101. The number of carbonyl (C=O) groups is 1. The third kappa shape index (κ3) is 6.21. The molecule has 1 rings (SSSR count). The Hall–Kier alpha value is -0.870. The van der Waals surface area contributed by atoms with Crippen molar-refractivity contribution in [1.29, 1.82) is 0 Å². The Morgan fingerprint density at radius 2 is 2.05 bits per heavy atom. The molecule has 0 heterocycles. The number of hydrogen-bond donors (Lipinski definition) is 2. The molecule has 0 aliphatic carbocycles. The van der Waals surface area contributed by atoms with E-state index in [9.17, 15) is 4.79 Å². The summed E-state index contributed by atoms with van der Waals surface area (Å²) in [6.45, 7) is 8.35. The molecule has 1 aromatic carbocycles. The first-order valence-corrected chi connectivity index (χ1v) is 7.28. The summed E-state index contributed by atoms with van der Waals surface area (Å²) in [4.78, 5) is 11.9. The van der Waals surface area contributed by atoms with E-state index in [4.69, 9.17) is 5.73 Å². The van der Waals surface area contributed by atoms with Gasteiger partial charge in [-0.1, -0.05) is 36.7 Å². The number of benzene rings is 1. The van der Waals surface area contributed by atoms with Crippen LogP contribution in [-0.2, 0) is 4.79 Å². The van der Waals surface area contributed by atoms with E-state index in [1.165, 1.54) is 0 Å². The van der Waals surface area contributed by atoms with Crippen LogP contribution in [0.25, 0.3) is 0 Å². The van der Waals surface area contributed by atoms with E-state index in [0.29, 0.717) is 6.42 Å². The first kappa shape index (κ1) is 16.2. The van der Waals surface area contributed by atoms with Crippen molar-refractivity contribution in [3.8, 4) is 0 Å². The van der Waals surface area contributed by atoms with E-state index in [2.05, 4.69) is 42.0 Å². The molecule has 0 bridgehead atoms. The van der Waals surface area contributed by atoms with Gasteiger partial charge in [0.15, 0.2) is 0 Å². The second kappa shape index (κ2) is 6.53. The highest BCUT2D eigenvalue weighted by Gasteiger charge is 2.18. The Balaban J connectivity index is 2.56.